The molecule has 4 rings (SSSR count). The van der Waals surface area contributed by atoms with E-state index in [-0.39, 0.29) is 10.8 Å². The first-order valence-electron chi connectivity index (χ1n) is 12.4. The lowest BCUT2D eigenvalue weighted by Gasteiger charge is -2.10. The van der Waals surface area contributed by atoms with Crippen LogP contribution in [0.1, 0.15) is 16.4 Å². The Labute approximate surface area is 150 Å². The molecule has 2 N–H and O–H groups in total. The van der Waals surface area contributed by atoms with Crippen LogP contribution in [-0.2, 0) is 0 Å². The highest BCUT2D eigenvalue weighted by atomic mass is 16.6. The molecular weight excluding hydrogens is 289 g/mol. The number of nitrogens with zero attached hydrogens (tertiary/aromatic N) is 1. The summed E-state index contributed by atoms with van der Waals surface area (Å²) in [5, 5.41) is 17.8. The molecular formula is C18H14BNO3. The van der Waals surface area contributed by atoms with Crippen LogP contribution in [0.15, 0.2) is 72.5 Å². The van der Waals surface area contributed by atoms with Gasteiger partial charge in [0.1, 0.15) is 5.75 Å². The first kappa shape index (κ1) is 6.04. The Morgan fingerprint density at radius 1 is 0.826 bits per heavy atom. The van der Waals surface area contributed by atoms with E-state index in [0.29, 0.717) is 0 Å². The lowest BCUT2D eigenvalue weighted by molar-refractivity contribution is 0.288. The summed E-state index contributed by atoms with van der Waals surface area (Å²) >= 11 is 0. The number of aromatic nitrogens is 1. The van der Waals surface area contributed by atoms with E-state index in [1.165, 1.54) is 0 Å². The van der Waals surface area contributed by atoms with Crippen molar-refractivity contribution in [2.24, 2.45) is 0 Å². The van der Waals surface area contributed by atoms with Crippen LogP contribution in [0, 0.1) is 0 Å². The average Bonchev–Trinajstić information content (AvgIpc) is 3.16. The van der Waals surface area contributed by atoms with Crippen molar-refractivity contribution in [3.8, 4) is 11.4 Å². The SMILES string of the molecule is [2H]c1c([2H])c(OB(O)O)c([2H])c(-n2c3c([2H])c([2H])c([2H])c([2H])c3c3c([2H])c([2H])c([2H])c([2H])c32)c1[2H]. The van der Waals surface area contributed by atoms with Crippen LogP contribution >= 0.6 is 0 Å². The molecule has 0 unspecified atom stereocenters. The van der Waals surface area contributed by atoms with E-state index in [2.05, 4.69) is 4.65 Å². The van der Waals surface area contributed by atoms with Gasteiger partial charge in [-0.1, -0.05) is 42.3 Å². The molecule has 112 valence electrons. The molecule has 0 bridgehead atoms. The van der Waals surface area contributed by atoms with E-state index in [4.69, 9.17) is 16.4 Å². The molecule has 0 aliphatic rings. The molecule has 0 radical (unpaired) electrons. The molecule has 5 heteroatoms. The zero-order valence-electron chi connectivity index (χ0n) is 23.3. The monoisotopic (exact) mass is 315 g/mol. The van der Waals surface area contributed by atoms with Gasteiger partial charge in [-0.2, -0.15) is 0 Å². The van der Waals surface area contributed by atoms with Crippen LogP contribution in [0.25, 0.3) is 27.5 Å². The first-order chi connectivity index (χ1) is 16.2. The van der Waals surface area contributed by atoms with Crippen molar-refractivity contribution in [1.29, 1.82) is 0 Å². The van der Waals surface area contributed by atoms with E-state index in [0.717, 1.165) is 4.57 Å². The molecule has 0 fully saturated rings. The van der Waals surface area contributed by atoms with Gasteiger partial charge in [0.2, 0.25) is 0 Å². The summed E-state index contributed by atoms with van der Waals surface area (Å²) in [6.45, 7) is 0. The third-order valence-electron chi connectivity index (χ3n) is 3.07. The predicted molar refractivity (Wildman–Crippen MR) is 91.6 cm³/mol. The summed E-state index contributed by atoms with van der Waals surface area (Å²) in [5.74, 6) is -0.826. The van der Waals surface area contributed by atoms with Gasteiger partial charge in [-0.25, -0.2) is 0 Å². The third-order valence-corrected chi connectivity index (χ3v) is 3.07. The molecule has 1 aromatic heterocycles. The third kappa shape index (κ3) is 2.36. The van der Waals surface area contributed by atoms with Crippen molar-refractivity contribution >= 4 is 29.1 Å². The summed E-state index contributed by atoms with van der Waals surface area (Å²) in [6.07, 6.45) is 0. The normalized spacial score (nSPS) is 18.3. The van der Waals surface area contributed by atoms with Crippen LogP contribution < -0.4 is 4.65 Å². The number of benzene rings is 3. The van der Waals surface area contributed by atoms with E-state index in [1.807, 2.05) is 0 Å². The maximum absolute atomic E-state index is 9.23. The van der Waals surface area contributed by atoms with Crippen molar-refractivity contribution in [2.75, 3.05) is 0 Å². The second kappa shape index (κ2) is 5.46. The summed E-state index contributed by atoms with van der Waals surface area (Å²) in [6, 6.07) is -8.71. The van der Waals surface area contributed by atoms with Crippen LogP contribution in [0.2, 0.25) is 0 Å². The number of hydrogen-bond acceptors (Lipinski definition) is 3. The number of hydrogen-bond donors (Lipinski definition) is 2. The highest BCUT2D eigenvalue weighted by Gasteiger charge is 2.14. The number of para-hydroxylation sites is 2. The summed E-state index contributed by atoms with van der Waals surface area (Å²) in [5.41, 5.74) is -1.41. The van der Waals surface area contributed by atoms with Gasteiger partial charge in [-0.3, -0.25) is 0 Å². The summed E-state index contributed by atoms with van der Waals surface area (Å²) < 4.78 is 104. The average molecular weight is 315 g/mol. The van der Waals surface area contributed by atoms with E-state index < -0.39 is 102 Å². The minimum Gasteiger partial charge on any atom is -0.512 e. The summed E-state index contributed by atoms with van der Waals surface area (Å²) in [4.78, 5) is 0. The molecule has 23 heavy (non-hydrogen) atoms. The quantitative estimate of drug-likeness (QED) is 0.571. The van der Waals surface area contributed by atoms with Crippen LogP contribution in [0.3, 0.4) is 0 Å². The van der Waals surface area contributed by atoms with Crippen LogP contribution in [0.5, 0.6) is 5.75 Å². The van der Waals surface area contributed by atoms with Gasteiger partial charge in [0.05, 0.1) is 27.5 Å². The van der Waals surface area contributed by atoms with Gasteiger partial charge >= 0.3 is 7.32 Å². The number of rotatable bonds is 3. The van der Waals surface area contributed by atoms with Crippen LogP contribution in [0.4, 0.5) is 0 Å². The molecule has 1 heterocycles. The Hall–Kier alpha value is -2.76. The number of fused-ring (bicyclic) bond motifs is 3. The molecule has 0 amide bonds. The molecule has 4 nitrogen and oxygen atoms in total. The molecule has 0 saturated heterocycles. The molecule has 0 aliphatic heterocycles. The summed E-state index contributed by atoms with van der Waals surface area (Å²) in [7, 11) is -2.50. The van der Waals surface area contributed by atoms with Gasteiger partial charge in [0.25, 0.3) is 0 Å². The van der Waals surface area contributed by atoms with Gasteiger partial charge in [0.15, 0.2) is 0 Å². The van der Waals surface area contributed by atoms with Gasteiger partial charge in [0, 0.05) is 22.5 Å². The fraction of sp³-hybridized carbons (Fsp3) is 0. The largest absolute Gasteiger partial charge is 0.707 e. The predicted octanol–water partition coefficient (Wildman–Crippen LogP) is 3.13. The van der Waals surface area contributed by atoms with Crippen molar-refractivity contribution < 1.29 is 31.2 Å². The minimum absolute atomic E-state index is 0.303. The van der Waals surface area contributed by atoms with E-state index in [1.54, 1.807) is 0 Å². The topological polar surface area (TPSA) is 54.6 Å². The molecule has 3 aromatic carbocycles. The van der Waals surface area contributed by atoms with Gasteiger partial charge < -0.3 is 19.3 Å². The Morgan fingerprint density at radius 3 is 2.04 bits per heavy atom. The zero-order valence-corrected chi connectivity index (χ0v) is 11.3. The smallest absolute Gasteiger partial charge is 0.512 e. The zero-order chi connectivity index (χ0) is 26.3. The lowest BCUT2D eigenvalue weighted by atomic mass is 10.2. The van der Waals surface area contributed by atoms with E-state index in [9.17, 15) is 10.0 Å². The fourth-order valence-electron chi connectivity index (χ4n) is 2.24. The maximum Gasteiger partial charge on any atom is 0.707 e. The first-order valence-corrected chi connectivity index (χ1v) is 6.38. The van der Waals surface area contributed by atoms with Gasteiger partial charge in [-0.15, -0.1) is 0 Å². The molecule has 0 aliphatic carbocycles. The van der Waals surface area contributed by atoms with Gasteiger partial charge in [-0.05, 0) is 24.2 Å². The Kier molecular flexibility index (Phi) is 1.43. The molecule has 0 saturated carbocycles. The maximum atomic E-state index is 9.23. The van der Waals surface area contributed by atoms with E-state index >= 15 is 0 Å². The molecule has 0 atom stereocenters. The Bertz CT molecular complexity index is 1510. The highest BCUT2D eigenvalue weighted by molar-refractivity contribution is 6.33. The molecule has 4 aromatic rings. The second-order valence-electron chi connectivity index (χ2n) is 4.40. The standard InChI is InChI=1S/C18H14BNO3/c21-19(22)23-14-7-5-6-13(12-14)20-17-10-3-1-8-15(17)16-9-2-4-11-18(16)20/h1-12,21-22H/i1D,2D,3D,4D,5D,6D,7D,8D,9D,10D,11D,12D. The Balaban J connectivity index is 2.43. The van der Waals surface area contributed by atoms with Crippen molar-refractivity contribution in [1.82, 2.24) is 4.57 Å². The van der Waals surface area contributed by atoms with Crippen molar-refractivity contribution in [2.45, 2.75) is 0 Å². The van der Waals surface area contributed by atoms with Crippen LogP contribution in [-0.4, -0.2) is 21.9 Å². The van der Waals surface area contributed by atoms with Crippen molar-refractivity contribution in [3.63, 3.8) is 0 Å². The fourth-order valence-corrected chi connectivity index (χ4v) is 2.24. The lowest BCUT2D eigenvalue weighted by Crippen LogP contribution is -2.20. The Morgan fingerprint density at radius 2 is 1.43 bits per heavy atom. The van der Waals surface area contributed by atoms with Crippen molar-refractivity contribution in [3.05, 3.63) is 72.5 Å². The molecule has 0 spiro atoms. The second-order valence-corrected chi connectivity index (χ2v) is 4.40. The highest BCUT2D eigenvalue weighted by Crippen LogP contribution is 2.32. The minimum atomic E-state index is -2.50.